The summed E-state index contributed by atoms with van der Waals surface area (Å²) in [5.74, 6) is 0.620. The molecule has 1 aromatic rings. The molecule has 5 heteroatoms. The highest BCUT2D eigenvalue weighted by Crippen LogP contribution is 2.05. The van der Waals surface area contributed by atoms with E-state index in [0.29, 0.717) is 18.1 Å². The molecule has 0 spiro atoms. The van der Waals surface area contributed by atoms with Gasteiger partial charge in [0.2, 0.25) is 0 Å². The molecule has 1 aromatic heterocycles. The van der Waals surface area contributed by atoms with Gasteiger partial charge in [0.1, 0.15) is 11.5 Å². The molecule has 0 aliphatic carbocycles. The zero-order valence-electron chi connectivity index (χ0n) is 10.7. The maximum absolute atomic E-state index is 12.1. The Kier molecular flexibility index (Phi) is 5.39. The van der Waals surface area contributed by atoms with Crippen molar-refractivity contribution in [3.8, 4) is 0 Å². The van der Waals surface area contributed by atoms with Gasteiger partial charge in [0, 0.05) is 20.1 Å². The van der Waals surface area contributed by atoms with Crippen LogP contribution >= 0.6 is 0 Å². The van der Waals surface area contributed by atoms with Gasteiger partial charge in [0.05, 0.1) is 12.4 Å². The van der Waals surface area contributed by atoms with Crippen LogP contribution in [0.1, 0.15) is 37.2 Å². The van der Waals surface area contributed by atoms with Gasteiger partial charge < -0.3 is 10.2 Å². The molecule has 17 heavy (non-hydrogen) atoms. The lowest BCUT2D eigenvalue weighted by molar-refractivity contribution is 0.0756. The number of aromatic nitrogens is 2. The van der Waals surface area contributed by atoms with Crippen molar-refractivity contribution in [1.29, 1.82) is 0 Å². The van der Waals surface area contributed by atoms with Crippen LogP contribution in [0.15, 0.2) is 12.4 Å². The van der Waals surface area contributed by atoms with Crippen LogP contribution in [0.25, 0.3) is 0 Å². The number of amides is 1. The van der Waals surface area contributed by atoms with E-state index < -0.39 is 0 Å². The van der Waals surface area contributed by atoms with E-state index in [-0.39, 0.29) is 5.91 Å². The molecule has 1 rings (SSSR count). The van der Waals surface area contributed by atoms with E-state index in [1.165, 1.54) is 6.20 Å². The lowest BCUT2D eigenvalue weighted by atomic mass is 10.3. The number of carbonyl (C=O) groups excluding carboxylic acids is 1. The molecular formula is C12H20N4O. The Morgan fingerprint density at radius 2 is 2.12 bits per heavy atom. The average Bonchev–Trinajstić information content (AvgIpc) is 2.39. The van der Waals surface area contributed by atoms with Crippen LogP contribution in [-0.4, -0.2) is 40.9 Å². The molecular weight excluding hydrogens is 216 g/mol. The first-order valence-electron chi connectivity index (χ1n) is 6.02. The predicted octanol–water partition coefficient (Wildman–Crippen LogP) is 1.78. The smallest absolute Gasteiger partial charge is 0.274 e. The van der Waals surface area contributed by atoms with Crippen LogP contribution in [0.4, 0.5) is 5.82 Å². The summed E-state index contributed by atoms with van der Waals surface area (Å²) in [4.78, 5) is 22.1. The number of carbonyl (C=O) groups is 1. The van der Waals surface area contributed by atoms with Crippen molar-refractivity contribution in [2.45, 2.75) is 26.7 Å². The summed E-state index contributed by atoms with van der Waals surface area (Å²) in [6.07, 6.45) is 5.18. The number of rotatable bonds is 6. The molecule has 1 amide bonds. The van der Waals surface area contributed by atoms with Gasteiger partial charge in [0.15, 0.2) is 0 Å². The molecule has 0 aliphatic heterocycles. The van der Waals surface area contributed by atoms with E-state index in [1.54, 1.807) is 18.1 Å². The summed E-state index contributed by atoms with van der Waals surface area (Å²) in [6.45, 7) is 5.57. The molecule has 0 saturated heterocycles. The SMILES string of the molecule is CCCCN(CC)C(=O)c1cnc(NC)cn1. The van der Waals surface area contributed by atoms with Crippen molar-refractivity contribution in [3.05, 3.63) is 18.1 Å². The molecule has 1 N–H and O–H groups in total. The zero-order chi connectivity index (χ0) is 12.7. The molecule has 0 fully saturated rings. The van der Waals surface area contributed by atoms with Gasteiger partial charge >= 0.3 is 0 Å². The standard InChI is InChI=1S/C12H20N4O/c1-4-6-7-16(5-2)12(17)10-8-15-11(13-3)9-14-10/h8-9H,4-7H2,1-3H3,(H,13,15). The Bertz CT molecular complexity index is 350. The monoisotopic (exact) mass is 236 g/mol. The Morgan fingerprint density at radius 1 is 1.35 bits per heavy atom. The first-order chi connectivity index (χ1) is 8.22. The van der Waals surface area contributed by atoms with Crippen LogP contribution in [-0.2, 0) is 0 Å². The van der Waals surface area contributed by atoms with Crippen molar-refractivity contribution in [3.63, 3.8) is 0 Å². The number of nitrogens with one attached hydrogen (secondary N) is 1. The van der Waals surface area contributed by atoms with Crippen LogP contribution < -0.4 is 5.32 Å². The first-order valence-corrected chi connectivity index (χ1v) is 6.02. The summed E-state index contributed by atoms with van der Waals surface area (Å²) in [5.41, 5.74) is 0.405. The van der Waals surface area contributed by atoms with Gasteiger partial charge in [-0.1, -0.05) is 13.3 Å². The summed E-state index contributed by atoms with van der Waals surface area (Å²) in [6, 6.07) is 0. The van der Waals surface area contributed by atoms with E-state index in [1.807, 2.05) is 6.92 Å². The highest BCUT2D eigenvalue weighted by molar-refractivity contribution is 5.92. The molecule has 94 valence electrons. The molecule has 0 aromatic carbocycles. The number of unbranched alkanes of at least 4 members (excludes halogenated alkanes) is 1. The quantitative estimate of drug-likeness (QED) is 0.818. The van der Waals surface area contributed by atoms with E-state index >= 15 is 0 Å². The Labute approximate surface area is 102 Å². The summed E-state index contributed by atoms with van der Waals surface area (Å²) in [7, 11) is 1.77. The number of anilines is 1. The number of nitrogens with zero attached hydrogens (tertiary/aromatic N) is 3. The maximum atomic E-state index is 12.1. The van der Waals surface area contributed by atoms with Gasteiger partial charge in [-0.05, 0) is 13.3 Å². The molecule has 0 aliphatic rings. The van der Waals surface area contributed by atoms with Crippen LogP contribution in [0.3, 0.4) is 0 Å². The van der Waals surface area contributed by atoms with Crippen molar-refractivity contribution < 1.29 is 4.79 Å². The second kappa shape index (κ2) is 6.83. The van der Waals surface area contributed by atoms with Crippen molar-refractivity contribution in [2.24, 2.45) is 0 Å². The highest BCUT2D eigenvalue weighted by atomic mass is 16.2. The van der Waals surface area contributed by atoms with Gasteiger partial charge in [-0.3, -0.25) is 4.79 Å². The highest BCUT2D eigenvalue weighted by Gasteiger charge is 2.15. The van der Waals surface area contributed by atoms with Crippen LogP contribution in [0, 0.1) is 0 Å². The fraction of sp³-hybridized carbons (Fsp3) is 0.583. The van der Waals surface area contributed by atoms with E-state index in [9.17, 15) is 4.79 Å². The normalized spacial score (nSPS) is 10.1. The largest absolute Gasteiger partial charge is 0.372 e. The van der Waals surface area contributed by atoms with E-state index in [2.05, 4.69) is 22.2 Å². The van der Waals surface area contributed by atoms with Crippen LogP contribution in [0.5, 0.6) is 0 Å². The summed E-state index contributed by atoms with van der Waals surface area (Å²) in [5, 5.41) is 2.87. The third-order valence-corrected chi connectivity index (χ3v) is 2.58. The van der Waals surface area contributed by atoms with Crippen molar-refractivity contribution in [1.82, 2.24) is 14.9 Å². The Hall–Kier alpha value is -1.65. The fourth-order valence-corrected chi connectivity index (χ4v) is 1.48. The molecule has 5 nitrogen and oxygen atoms in total. The molecule has 1 heterocycles. The minimum absolute atomic E-state index is 0.0453. The van der Waals surface area contributed by atoms with Gasteiger partial charge in [-0.2, -0.15) is 0 Å². The van der Waals surface area contributed by atoms with Crippen molar-refractivity contribution in [2.75, 3.05) is 25.5 Å². The molecule has 0 atom stereocenters. The third-order valence-electron chi connectivity index (χ3n) is 2.58. The van der Waals surface area contributed by atoms with Gasteiger partial charge in [-0.25, -0.2) is 9.97 Å². The third kappa shape index (κ3) is 3.69. The van der Waals surface area contributed by atoms with Crippen molar-refractivity contribution >= 4 is 11.7 Å². The second-order valence-corrected chi connectivity index (χ2v) is 3.78. The first kappa shape index (κ1) is 13.4. The molecule has 0 bridgehead atoms. The maximum Gasteiger partial charge on any atom is 0.274 e. The van der Waals surface area contributed by atoms with E-state index in [0.717, 1.165) is 19.4 Å². The molecule has 0 unspecified atom stereocenters. The number of hydrogen-bond acceptors (Lipinski definition) is 4. The topological polar surface area (TPSA) is 58.1 Å². The Balaban J connectivity index is 2.71. The zero-order valence-corrected chi connectivity index (χ0v) is 10.7. The average molecular weight is 236 g/mol. The molecule has 0 saturated carbocycles. The molecule has 0 radical (unpaired) electrons. The minimum atomic E-state index is -0.0453. The van der Waals surface area contributed by atoms with Gasteiger partial charge in [0.25, 0.3) is 5.91 Å². The minimum Gasteiger partial charge on any atom is -0.372 e. The lowest BCUT2D eigenvalue weighted by Crippen LogP contribution is -2.32. The summed E-state index contributed by atoms with van der Waals surface area (Å²) < 4.78 is 0. The second-order valence-electron chi connectivity index (χ2n) is 3.78. The fourth-order valence-electron chi connectivity index (χ4n) is 1.48. The predicted molar refractivity (Wildman–Crippen MR) is 68.1 cm³/mol. The van der Waals surface area contributed by atoms with Crippen LogP contribution in [0.2, 0.25) is 0 Å². The lowest BCUT2D eigenvalue weighted by Gasteiger charge is -2.19. The van der Waals surface area contributed by atoms with E-state index in [4.69, 9.17) is 0 Å². The Morgan fingerprint density at radius 3 is 2.59 bits per heavy atom. The summed E-state index contributed by atoms with van der Waals surface area (Å²) >= 11 is 0. The van der Waals surface area contributed by atoms with Gasteiger partial charge in [-0.15, -0.1) is 0 Å². The number of hydrogen-bond donors (Lipinski definition) is 1.